The molecule has 0 atom stereocenters. The highest BCUT2D eigenvalue weighted by Crippen LogP contribution is 2.40. The highest BCUT2D eigenvalue weighted by atomic mass is 16.2. The number of hydrogen-bond donors (Lipinski definition) is 2. The zero-order chi connectivity index (χ0) is 9.64. The van der Waals surface area contributed by atoms with Crippen LogP contribution in [0, 0.1) is 0 Å². The van der Waals surface area contributed by atoms with Crippen LogP contribution in [0.4, 0.5) is 11.4 Å². The smallest absolute Gasteiger partial charge is 0.234 e. The maximum atomic E-state index is 11.5. The van der Waals surface area contributed by atoms with Gasteiger partial charge in [-0.15, -0.1) is 0 Å². The predicted octanol–water partition coefficient (Wildman–Crippen LogP) is 1.50. The molecule has 1 amide bonds. The quantitative estimate of drug-likeness (QED) is 0.588. The molecule has 0 aromatic heterocycles. The fourth-order valence-electron chi connectivity index (χ4n) is 1.76. The topological polar surface area (TPSA) is 55.1 Å². The normalized spacial score (nSPS) is 18.2. The summed E-state index contributed by atoms with van der Waals surface area (Å²) in [6.07, 6.45) is 0. The van der Waals surface area contributed by atoms with Crippen molar-refractivity contribution in [1.82, 2.24) is 0 Å². The second-order valence-corrected chi connectivity index (χ2v) is 3.85. The maximum Gasteiger partial charge on any atom is 0.234 e. The number of amides is 1. The van der Waals surface area contributed by atoms with Crippen LogP contribution in [0.15, 0.2) is 18.2 Å². The summed E-state index contributed by atoms with van der Waals surface area (Å²) in [5, 5.41) is 2.81. The van der Waals surface area contributed by atoms with Gasteiger partial charge in [0.15, 0.2) is 0 Å². The number of carbonyl (C=O) groups is 1. The van der Waals surface area contributed by atoms with Gasteiger partial charge in [-0.3, -0.25) is 4.79 Å². The molecule has 3 N–H and O–H groups in total. The van der Waals surface area contributed by atoms with Gasteiger partial charge in [0.1, 0.15) is 0 Å². The SMILES string of the molecule is CC1(C)C(=O)Nc2cccc(N)c21. The van der Waals surface area contributed by atoms with Crippen molar-refractivity contribution in [2.45, 2.75) is 19.3 Å². The van der Waals surface area contributed by atoms with E-state index in [1.54, 1.807) is 0 Å². The first-order valence-corrected chi connectivity index (χ1v) is 4.24. The first-order chi connectivity index (χ1) is 6.03. The Morgan fingerprint density at radius 2 is 2.08 bits per heavy atom. The van der Waals surface area contributed by atoms with Crippen molar-refractivity contribution < 1.29 is 4.79 Å². The van der Waals surface area contributed by atoms with Crippen molar-refractivity contribution in [3.8, 4) is 0 Å². The van der Waals surface area contributed by atoms with Crippen LogP contribution >= 0.6 is 0 Å². The lowest BCUT2D eigenvalue weighted by Crippen LogP contribution is -2.27. The summed E-state index contributed by atoms with van der Waals surface area (Å²) >= 11 is 0. The summed E-state index contributed by atoms with van der Waals surface area (Å²) < 4.78 is 0. The van der Waals surface area contributed by atoms with E-state index in [0.29, 0.717) is 5.69 Å². The van der Waals surface area contributed by atoms with Crippen molar-refractivity contribution in [2.75, 3.05) is 11.1 Å². The number of nitrogens with one attached hydrogen (secondary N) is 1. The lowest BCUT2D eigenvalue weighted by Gasteiger charge is -2.16. The second-order valence-electron chi connectivity index (χ2n) is 3.85. The molecule has 0 bridgehead atoms. The van der Waals surface area contributed by atoms with Crippen molar-refractivity contribution >= 4 is 17.3 Å². The summed E-state index contributed by atoms with van der Waals surface area (Å²) in [7, 11) is 0. The molecule has 2 rings (SSSR count). The molecule has 0 unspecified atom stereocenters. The standard InChI is InChI=1S/C10H12N2O/c1-10(2)8-6(11)4-3-5-7(8)12-9(10)13/h3-5H,11H2,1-2H3,(H,12,13). The largest absolute Gasteiger partial charge is 0.398 e. The number of anilines is 2. The Kier molecular flexibility index (Phi) is 1.40. The monoisotopic (exact) mass is 176 g/mol. The Morgan fingerprint density at radius 3 is 2.69 bits per heavy atom. The van der Waals surface area contributed by atoms with Gasteiger partial charge in [-0.05, 0) is 26.0 Å². The Hall–Kier alpha value is -1.51. The van der Waals surface area contributed by atoms with E-state index in [9.17, 15) is 4.79 Å². The molecule has 0 spiro atoms. The molecule has 3 nitrogen and oxygen atoms in total. The van der Waals surface area contributed by atoms with Gasteiger partial charge in [0, 0.05) is 16.9 Å². The number of carbonyl (C=O) groups excluding carboxylic acids is 1. The second kappa shape index (κ2) is 2.25. The fourth-order valence-corrected chi connectivity index (χ4v) is 1.76. The number of nitrogens with two attached hydrogens (primary N) is 1. The van der Waals surface area contributed by atoms with Gasteiger partial charge >= 0.3 is 0 Å². The minimum atomic E-state index is -0.499. The van der Waals surface area contributed by atoms with Gasteiger partial charge < -0.3 is 11.1 Å². The number of rotatable bonds is 0. The third-order valence-corrected chi connectivity index (χ3v) is 2.54. The fraction of sp³-hybridized carbons (Fsp3) is 0.300. The highest BCUT2D eigenvalue weighted by Gasteiger charge is 2.39. The molecule has 0 saturated heterocycles. The van der Waals surface area contributed by atoms with E-state index in [0.717, 1.165) is 11.3 Å². The first-order valence-electron chi connectivity index (χ1n) is 4.24. The van der Waals surface area contributed by atoms with Crippen LogP contribution in [0.1, 0.15) is 19.4 Å². The lowest BCUT2D eigenvalue weighted by atomic mass is 9.85. The molecule has 0 aliphatic carbocycles. The van der Waals surface area contributed by atoms with E-state index >= 15 is 0 Å². The maximum absolute atomic E-state index is 11.5. The number of nitrogen functional groups attached to an aromatic ring is 1. The first kappa shape index (κ1) is 8.10. The molecule has 1 aliphatic heterocycles. The van der Waals surface area contributed by atoms with Gasteiger partial charge in [-0.1, -0.05) is 6.07 Å². The molecule has 1 heterocycles. The molecule has 3 heteroatoms. The average molecular weight is 176 g/mol. The summed E-state index contributed by atoms with van der Waals surface area (Å²) in [6.45, 7) is 3.76. The minimum Gasteiger partial charge on any atom is -0.398 e. The number of fused-ring (bicyclic) bond motifs is 1. The highest BCUT2D eigenvalue weighted by molar-refractivity contribution is 6.07. The van der Waals surface area contributed by atoms with Gasteiger partial charge in [0.25, 0.3) is 0 Å². The molecule has 0 saturated carbocycles. The van der Waals surface area contributed by atoms with Crippen molar-refractivity contribution in [3.63, 3.8) is 0 Å². The molecule has 1 aromatic carbocycles. The summed E-state index contributed by atoms with van der Waals surface area (Å²) in [5.41, 5.74) is 7.76. The van der Waals surface area contributed by atoms with E-state index < -0.39 is 5.41 Å². The molecule has 1 aliphatic rings. The number of hydrogen-bond acceptors (Lipinski definition) is 2. The average Bonchev–Trinajstić information content (AvgIpc) is 2.24. The van der Waals surface area contributed by atoms with Crippen LogP contribution in [-0.4, -0.2) is 5.91 Å². The Balaban J connectivity index is 2.70. The minimum absolute atomic E-state index is 0.0143. The Bertz CT molecular complexity index is 383. The molecule has 13 heavy (non-hydrogen) atoms. The van der Waals surface area contributed by atoms with Crippen molar-refractivity contribution in [2.24, 2.45) is 0 Å². The van der Waals surface area contributed by atoms with Crippen LogP contribution in [0.2, 0.25) is 0 Å². The zero-order valence-electron chi connectivity index (χ0n) is 7.72. The third-order valence-electron chi connectivity index (χ3n) is 2.54. The van der Waals surface area contributed by atoms with Crippen LogP contribution in [0.25, 0.3) is 0 Å². The number of benzene rings is 1. The van der Waals surface area contributed by atoms with Crippen molar-refractivity contribution in [3.05, 3.63) is 23.8 Å². The van der Waals surface area contributed by atoms with Crippen LogP contribution in [0.5, 0.6) is 0 Å². The van der Waals surface area contributed by atoms with E-state index in [1.165, 1.54) is 0 Å². The Morgan fingerprint density at radius 1 is 1.38 bits per heavy atom. The van der Waals surface area contributed by atoms with E-state index in [1.807, 2.05) is 32.0 Å². The van der Waals surface area contributed by atoms with Gasteiger partial charge in [0.05, 0.1) is 5.41 Å². The molecule has 0 radical (unpaired) electrons. The molecular weight excluding hydrogens is 164 g/mol. The summed E-state index contributed by atoms with van der Waals surface area (Å²) in [5.74, 6) is 0.0143. The van der Waals surface area contributed by atoms with E-state index in [-0.39, 0.29) is 5.91 Å². The van der Waals surface area contributed by atoms with Crippen LogP contribution < -0.4 is 11.1 Å². The van der Waals surface area contributed by atoms with Gasteiger partial charge in [-0.2, -0.15) is 0 Å². The van der Waals surface area contributed by atoms with E-state index in [4.69, 9.17) is 5.73 Å². The Labute approximate surface area is 76.9 Å². The van der Waals surface area contributed by atoms with Crippen LogP contribution in [0.3, 0.4) is 0 Å². The zero-order valence-corrected chi connectivity index (χ0v) is 7.72. The third kappa shape index (κ3) is 0.932. The van der Waals surface area contributed by atoms with Gasteiger partial charge in [0.2, 0.25) is 5.91 Å². The molecular formula is C10H12N2O. The van der Waals surface area contributed by atoms with Crippen LogP contribution in [-0.2, 0) is 10.2 Å². The van der Waals surface area contributed by atoms with Crippen molar-refractivity contribution in [1.29, 1.82) is 0 Å². The summed E-state index contributed by atoms with van der Waals surface area (Å²) in [4.78, 5) is 11.5. The summed E-state index contributed by atoms with van der Waals surface area (Å²) in [6, 6.07) is 5.54. The molecule has 0 fully saturated rings. The lowest BCUT2D eigenvalue weighted by molar-refractivity contribution is -0.119. The van der Waals surface area contributed by atoms with Gasteiger partial charge in [-0.25, -0.2) is 0 Å². The molecule has 1 aromatic rings. The van der Waals surface area contributed by atoms with E-state index in [2.05, 4.69) is 5.32 Å². The molecule has 68 valence electrons. The predicted molar refractivity (Wildman–Crippen MR) is 52.5 cm³/mol.